The molecule has 14 heavy (non-hydrogen) atoms. The van der Waals surface area contributed by atoms with Crippen LogP contribution in [-0.2, 0) is 10.8 Å². The summed E-state index contributed by atoms with van der Waals surface area (Å²) in [6.07, 6.45) is 1.66. The highest BCUT2D eigenvalue weighted by Crippen LogP contribution is 2.18. The highest BCUT2D eigenvalue weighted by Gasteiger charge is 2.00. The first-order chi connectivity index (χ1) is 6.66. The van der Waals surface area contributed by atoms with Crippen LogP contribution < -0.4 is 0 Å². The van der Waals surface area contributed by atoms with E-state index in [9.17, 15) is 4.21 Å². The van der Waals surface area contributed by atoms with Gasteiger partial charge in [-0.3, -0.25) is 4.21 Å². The lowest BCUT2D eigenvalue weighted by atomic mass is 10.2. The van der Waals surface area contributed by atoms with Gasteiger partial charge in [0.2, 0.25) is 0 Å². The van der Waals surface area contributed by atoms with Crippen LogP contribution in [-0.4, -0.2) is 15.4 Å². The van der Waals surface area contributed by atoms with Crippen molar-refractivity contribution in [2.24, 2.45) is 0 Å². The molecular formula is C10H8ClNOS. The SMILES string of the molecule is CS(=O)c1ccc2nc(Cl)ccc2c1. The topological polar surface area (TPSA) is 30.0 Å². The van der Waals surface area contributed by atoms with Crippen LogP contribution in [0.3, 0.4) is 0 Å². The van der Waals surface area contributed by atoms with E-state index in [0.717, 1.165) is 15.8 Å². The number of hydrogen-bond acceptors (Lipinski definition) is 2. The van der Waals surface area contributed by atoms with E-state index in [1.54, 1.807) is 12.3 Å². The number of nitrogens with zero attached hydrogens (tertiary/aromatic N) is 1. The monoisotopic (exact) mass is 225 g/mol. The molecule has 0 radical (unpaired) electrons. The van der Waals surface area contributed by atoms with Gasteiger partial charge in [-0.2, -0.15) is 0 Å². The summed E-state index contributed by atoms with van der Waals surface area (Å²) in [6.45, 7) is 0. The van der Waals surface area contributed by atoms with Crippen molar-refractivity contribution >= 4 is 33.3 Å². The average molecular weight is 226 g/mol. The van der Waals surface area contributed by atoms with E-state index < -0.39 is 10.8 Å². The second kappa shape index (κ2) is 3.67. The Labute approximate surface area is 89.4 Å². The van der Waals surface area contributed by atoms with Gasteiger partial charge in [-0.05, 0) is 30.3 Å². The molecule has 4 heteroatoms. The molecule has 2 nitrogen and oxygen atoms in total. The van der Waals surface area contributed by atoms with Crippen molar-refractivity contribution in [3.8, 4) is 0 Å². The largest absolute Gasteiger partial charge is 0.255 e. The summed E-state index contributed by atoms with van der Waals surface area (Å²) in [7, 11) is -0.951. The molecule has 0 fully saturated rings. The van der Waals surface area contributed by atoms with Gasteiger partial charge in [-0.15, -0.1) is 0 Å². The third kappa shape index (κ3) is 1.79. The molecule has 1 heterocycles. The molecule has 1 aromatic heterocycles. The first-order valence-electron chi connectivity index (χ1n) is 4.06. The molecule has 2 rings (SSSR count). The van der Waals surface area contributed by atoms with Crippen molar-refractivity contribution in [1.82, 2.24) is 4.98 Å². The zero-order chi connectivity index (χ0) is 10.1. The third-order valence-electron chi connectivity index (χ3n) is 1.96. The van der Waals surface area contributed by atoms with Gasteiger partial charge in [0.25, 0.3) is 0 Å². The van der Waals surface area contributed by atoms with Crippen molar-refractivity contribution in [3.05, 3.63) is 35.5 Å². The van der Waals surface area contributed by atoms with Crippen LogP contribution in [0.5, 0.6) is 0 Å². The Hall–Kier alpha value is -0.930. The van der Waals surface area contributed by atoms with Gasteiger partial charge >= 0.3 is 0 Å². The lowest BCUT2D eigenvalue weighted by Crippen LogP contribution is -1.87. The predicted molar refractivity (Wildman–Crippen MR) is 59.1 cm³/mol. The number of pyridine rings is 1. The third-order valence-corrected chi connectivity index (χ3v) is 3.09. The summed E-state index contributed by atoms with van der Waals surface area (Å²) in [6, 6.07) is 9.11. The normalized spacial score (nSPS) is 13.0. The van der Waals surface area contributed by atoms with Crippen molar-refractivity contribution in [3.63, 3.8) is 0 Å². The first-order valence-corrected chi connectivity index (χ1v) is 6.00. The molecule has 0 saturated heterocycles. The molecule has 0 amide bonds. The Balaban J connectivity index is 2.67. The van der Waals surface area contributed by atoms with Crippen molar-refractivity contribution in [2.45, 2.75) is 4.90 Å². The van der Waals surface area contributed by atoms with E-state index in [4.69, 9.17) is 11.6 Å². The van der Waals surface area contributed by atoms with Crippen LogP contribution in [0.2, 0.25) is 5.15 Å². The Morgan fingerprint density at radius 3 is 2.79 bits per heavy atom. The minimum absolute atomic E-state index is 0.475. The summed E-state index contributed by atoms with van der Waals surface area (Å²) in [5.74, 6) is 0. The van der Waals surface area contributed by atoms with Crippen molar-refractivity contribution in [2.75, 3.05) is 6.26 Å². The standard InChI is InChI=1S/C10H8ClNOS/c1-14(13)8-3-4-9-7(6-8)2-5-10(11)12-9/h2-6H,1H3. The molecular weight excluding hydrogens is 218 g/mol. The molecule has 1 atom stereocenters. The van der Waals surface area contributed by atoms with Gasteiger partial charge in [0, 0.05) is 27.3 Å². The minimum Gasteiger partial charge on any atom is -0.255 e. The minimum atomic E-state index is -0.951. The number of rotatable bonds is 1. The van der Waals surface area contributed by atoms with Gasteiger partial charge in [0.05, 0.1) is 5.52 Å². The number of fused-ring (bicyclic) bond motifs is 1. The summed E-state index contributed by atoms with van der Waals surface area (Å²) in [5, 5.41) is 1.44. The molecule has 0 aliphatic rings. The van der Waals surface area contributed by atoms with Crippen LogP contribution in [0.15, 0.2) is 35.2 Å². The summed E-state index contributed by atoms with van der Waals surface area (Å²) in [5.41, 5.74) is 0.826. The summed E-state index contributed by atoms with van der Waals surface area (Å²) in [4.78, 5) is 4.95. The zero-order valence-corrected chi connectivity index (χ0v) is 9.10. The molecule has 0 aliphatic carbocycles. The average Bonchev–Trinajstić information content (AvgIpc) is 2.16. The van der Waals surface area contributed by atoms with E-state index in [1.807, 2.05) is 24.3 Å². The maximum absolute atomic E-state index is 11.2. The summed E-state index contributed by atoms with van der Waals surface area (Å²) >= 11 is 5.75. The van der Waals surface area contributed by atoms with Crippen molar-refractivity contribution < 1.29 is 4.21 Å². The maximum Gasteiger partial charge on any atom is 0.129 e. The van der Waals surface area contributed by atoms with E-state index in [0.29, 0.717) is 5.15 Å². The Morgan fingerprint density at radius 2 is 2.07 bits per heavy atom. The first kappa shape index (κ1) is 9.62. The van der Waals surface area contributed by atoms with Gasteiger partial charge < -0.3 is 0 Å². The van der Waals surface area contributed by atoms with E-state index >= 15 is 0 Å². The number of aromatic nitrogens is 1. The molecule has 2 aromatic rings. The molecule has 0 aliphatic heterocycles. The van der Waals surface area contributed by atoms with Gasteiger partial charge in [0.1, 0.15) is 5.15 Å². The Bertz CT molecular complexity index is 512. The maximum atomic E-state index is 11.2. The number of benzene rings is 1. The Morgan fingerprint density at radius 1 is 1.29 bits per heavy atom. The van der Waals surface area contributed by atoms with Crippen LogP contribution in [0, 0.1) is 0 Å². The number of halogens is 1. The molecule has 0 spiro atoms. The fourth-order valence-corrected chi connectivity index (χ4v) is 1.96. The zero-order valence-electron chi connectivity index (χ0n) is 7.53. The van der Waals surface area contributed by atoms with Crippen molar-refractivity contribution in [1.29, 1.82) is 0 Å². The van der Waals surface area contributed by atoms with E-state index in [1.165, 1.54) is 0 Å². The lowest BCUT2D eigenvalue weighted by molar-refractivity contribution is 0.687. The smallest absolute Gasteiger partial charge is 0.129 e. The molecule has 1 unspecified atom stereocenters. The van der Waals surface area contributed by atoms with E-state index in [-0.39, 0.29) is 0 Å². The molecule has 0 N–H and O–H groups in total. The van der Waals surface area contributed by atoms with Gasteiger partial charge in [0.15, 0.2) is 0 Å². The van der Waals surface area contributed by atoms with Crippen LogP contribution in [0.4, 0.5) is 0 Å². The van der Waals surface area contributed by atoms with Crippen LogP contribution in [0.25, 0.3) is 10.9 Å². The van der Waals surface area contributed by atoms with Gasteiger partial charge in [-0.1, -0.05) is 11.6 Å². The van der Waals surface area contributed by atoms with Crippen LogP contribution in [0.1, 0.15) is 0 Å². The second-order valence-electron chi connectivity index (χ2n) is 2.94. The Kier molecular flexibility index (Phi) is 2.52. The fraction of sp³-hybridized carbons (Fsp3) is 0.100. The fourth-order valence-electron chi connectivity index (χ4n) is 1.26. The van der Waals surface area contributed by atoms with E-state index in [2.05, 4.69) is 4.98 Å². The van der Waals surface area contributed by atoms with Gasteiger partial charge in [-0.25, -0.2) is 4.98 Å². The lowest BCUT2D eigenvalue weighted by Gasteiger charge is -2.00. The number of hydrogen-bond donors (Lipinski definition) is 0. The highest BCUT2D eigenvalue weighted by atomic mass is 35.5. The molecule has 72 valence electrons. The summed E-state index contributed by atoms with van der Waals surface area (Å²) < 4.78 is 11.2. The quantitative estimate of drug-likeness (QED) is 0.699. The molecule has 0 saturated carbocycles. The highest BCUT2D eigenvalue weighted by molar-refractivity contribution is 7.84. The predicted octanol–water partition coefficient (Wildman–Crippen LogP) is 2.63. The molecule has 0 bridgehead atoms. The van der Waals surface area contributed by atoms with Crippen LogP contribution >= 0.6 is 11.6 Å². The molecule has 1 aromatic carbocycles. The second-order valence-corrected chi connectivity index (χ2v) is 4.71.